The van der Waals surface area contributed by atoms with Crippen LogP contribution in [0.5, 0.6) is 0 Å². The second kappa shape index (κ2) is 6.29. The van der Waals surface area contributed by atoms with Crippen molar-refractivity contribution in [1.29, 1.82) is 0 Å². The molecule has 2 atom stereocenters. The largest absolute Gasteiger partial charge is 0.459 e. The lowest BCUT2D eigenvalue weighted by Gasteiger charge is -2.59. The number of ether oxygens (including phenoxy) is 1. The van der Waals surface area contributed by atoms with Crippen LogP contribution < -0.4 is 0 Å². The normalized spacial score (nSPS) is 39.0. The van der Waals surface area contributed by atoms with Gasteiger partial charge in [0.15, 0.2) is 5.82 Å². The van der Waals surface area contributed by atoms with Gasteiger partial charge in [0.25, 0.3) is 0 Å². The summed E-state index contributed by atoms with van der Waals surface area (Å²) in [4.78, 5) is 19.0. The molecule has 1 aromatic heterocycles. The second-order valence-corrected chi connectivity index (χ2v) is 9.98. The Morgan fingerprint density at radius 2 is 1.93 bits per heavy atom. The summed E-state index contributed by atoms with van der Waals surface area (Å²) in [6, 6.07) is 0. The van der Waals surface area contributed by atoms with Crippen molar-refractivity contribution in [3.05, 3.63) is 11.7 Å². The topological polar surface area (TPSA) is 68.5 Å². The van der Waals surface area contributed by atoms with Crippen molar-refractivity contribution in [3.63, 3.8) is 0 Å². The van der Waals surface area contributed by atoms with Crippen LogP contribution in [0.15, 0.2) is 4.52 Å². The van der Waals surface area contributed by atoms with Crippen LogP contribution in [0.1, 0.15) is 70.0 Å². The fraction of sp³-hybridized carbons (Fsp3) is 0.857. The molecule has 5 aliphatic rings. The van der Waals surface area contributed by atoms with Gasteiger partial charge in [-0.1, -0.05) is 5.16 Å². The van der Waals surface area contributed by atoms with E-state index in [1.54, 1.807) is 0 Å². The number of esters is 1. The highest BCUT2D eigenvalue weighted by molar-refractivity contribution is 5.66. The van der Waals surface area contributed by atoms with E-state index in [1.165, 1.54) is 26.2 Å². The van der Waals surface area contributed by atoms with Crippen LogP contribution in [-0.4, -0.2) is 46.7 Å². The lowest BCUT2D eigenvalue weighted by atomic mass is 9.48. The standard InChI is InChI=1S/C21H31N3O3/c1-14(25)26-21-11-16-7-17(12-21)10-20(9-16,13-21)19-22-18(23-27-19)8-15-3-5-24(2)6-4-15/h15-17H,3-13H2,1-2H3/t16-,17-,20?,21?/m1/s1. The Kier molecular flexibility index (Phi) is 4.12. The first-order valence-corrected chi connectivity index (χ1v) is 10.6. The molecule has 27 heavy (non-hydrogen) atoms. The monoisotopic (exact) mass is 373 g/mol. The summed E-state index contributed by atoms with van der Waals surface area (Å²) in [5.74, 6) is 3.44. The molecule has 0 N–H and O–H groups in total. The summed E-state index contributed by atoms with van der Waals surface area (Å²) >= 11 is 0. The minimum absolute atomic E-state index is 0.0719. The van der Waals surface area contributed by atoms with E-state index in [0.29, 0.717) is 17.8 Å². The fourth-order valence-corrected chi connectivity index (χ4v) is 6.93. The minimum atomic E-state index is -0.293. The lowest BCUT2D eigenvalue weighted by Crippen LogP contribution is -2.59. The first-order valence-electron chi connectivity index (χ1n) is 10.6. The van der Waals surface area contributed by atoms with Crippen molar-refractivity contribution in [2.75, 3.05) is 20.1 Å². The third-order valence-corrected chi connectivity index (χ3v) is 7.60. The van der Waals surface area contributed by atoms with E-state index >= 15 is 0 Å². The van der Waals surface area contributed by atoms with Crippen LogP contribution in [0.4, 0.5) is 0 Å². The number of likely N-dealkylation sites (tertiary alicyclic amines) is 1. The van der Waals surface area contributed by atoms with E-state index in [1.807, 2.05) is 0 Å². The van der Waals surface area contributed by atoms with Gasteiger partial charge in [0.2, 0.25) is 5.89 Å². The summed E-state index contributed by atoms with van der Waals surface area (Å²) < 4.78 is 11.8. The molecule has 2 heterocycles. The zero-order chi connectivity index (χ0) is 18.6. The predicted molar refractivity (Wildman–Crippen MR) is 99.1 cm³/mol. The Hall–Kier alpha value is -1.43. The van der Waals surface area contributed by atoms with Crippen LogP contribution in [0.3, 0.4) is 0 Å². The molecule has 6 heteroatoms. The van der Waals surface area contributed by atoms with Crippen LogP contribution >= 0.6 is 0 Å². The van der Waals surface area contributed by atoms with Crippen molar-refractivity contribution in [1.82, 2.24) is 15.0 Å². The summed E-state index contributed by atoms with van der Waals surface area (Å²) in [7, 11) is 2.19. The Balaban J connectivity index is 1.35. The molecule has 4 aliphatic carbocycles. The third-order valence-electron chi connectivity index (χ3n) is 7.60. The highest BCUT2D eigenvalue weighted by Gasteiger charge is 2.62. The highest BCUT2D eigenvalue weighted by atomic mass is 16.6. The van der Waals surface area contributed by atoms with E-state index in [0.717, 1.165) is 63.3 Å². The zero-order valence-corrected chi connectivity index (χ0v) is 16.6. The minimum Gasteiger partial charge on any atom is -0.459 e. The van der Waals surface area contributed by atoms with Crippen LogP contribution in [0.2, 0.25) is 0 Å². The molecule has 1 aliphatic heterocycles. The first kappa shape index (κ1) is 17.7. The highest BCUT2D eigenvalue weighted by Crippen LogP contribution is 2.63. The quantitative estimate of drug-likeness (QED) is 0.756. The van der Waals surface area contributed by atoms with Gasteiger partial charge in [-0.25, -0.2) is 0 Å². The summed E-state index contributed by atoms with van der Waals surface area (Å²) in [5, 5.41) is 4.36. The SMILES string of the molecule is CC(=O)OC12C[C@@H]3C[C@@H](C1)CC(c1nc(CC4CCN(C)CC4)no1)(C3)C2. The Bertz CT molecular complexity index is 708. The Morgan fingerprint density at radius 3 is 2.59 bits per heavy atom. The van der Waals surface area contributed by atoms with E-state index in [4.69, 9.17) is 14.2 Å². The molecule has 6 nitrogen and oxygen atoms in total. The molecular formula is C21H31N3O3. The van der Waals surface area contributed by atoms with E-state index < -0.39 is 0 Å². The third kappa shape index (κ3) is 3.20. The van der Waals surface area contributed by atoms with Gasteiger partial charge in [-0.2, -0.15) is 4.98 Å². The first-order chi connectivity index (χ1) is 12.9. The number of aromatic nitrogens is 2. The average molecular weight is 373 g/mol. The molecule has 0 aromatic carbocycles. The number of carbonyl (C=O) groups is 1. The average Bonchev–Trinajstić information content (AvgIpc) is 3.04. The smallest absolute Gasteiger partial charge is 0.303 e. The van der Waals surface area contributed by atoms with Crippen LogP contribution in [0, 0.1) is 17.8 Å². The van der Waals surface area contributed by atoms with Gasteiger partial charge in [0.1, 0.15) is 5.60 Å². The molecule has 4 saturated carbocycles. The van der Waals surface area contributed by atoms with E-state index in [2.05, 4.69) is 17.1 Å². The Labute approximate surface area is 161 Å². The lowest BCUT2D eigenvalue weighted by molar-refractivity contribution is -0.190. The van der Waals surface area contributed by atoms with Crippen molar-refractivity contribution < 1.29 is 14.1 Å². The van der Waals surface area contributed by atoms with Gasteiger partial charge < -0.3 is 14.2 Å². The maximum Gasteiger partial charge on any atom is 0.303 e. The van der Waals surface area contributed by atoms with Gasteiger partial charge >= 0.3 is 5.97 Å². The van der Waals surface area contributed by atoms with Crippen molar-refractivity contribution >= 4 is 5.97 Å². The van der Waals surface area contributed by atoms with Crippen molar-refractivity contribution in [2.45, 2.75) is 75.7 Å². The van der Waals surface area contributed by atoms with Crippen LogP contribution in [0.25, 0.3) is 0 Å². The number of carbonyl (C=O) groups excluding carboxylic acids is 1. The summed E-state index contributed by atoms with van der Waals surface area (Å²) in [6.07, 6.45) is 9.74. The number of hydrogen-bond acceptors (Lipinski definition) is 6. The maximum atomic E-state index is 11.7. The van der Waals surface area contributed by atoms with Crippen molar-refractivity contribution in [2.24, 2.45) is 17.8 Å². The molecule has 1 saturated heterocycles. The van der Waals surface area contributed by atoms with Gasteiger partial charge in [0, 0.05) is 19.8 Å². The summed E-state index contributed by atoms with van der Waals surface area (Å²) in [5.41, 5.74) is -0.365. The molecule has 0 unspecified atom stereocenters. The number of piperidine rings is 1. The number of nitrogens with zero attached hydrogens (tertiary/aromatic N) is 3. The molecule has 148 valence electrons. The second-order valence-electron chi connectivity index (χ2n) is 9.98. The Morgan fingerprint density at radius 1 is 1.22 bits per heavy atom. The van der Waals surface area contributed by atoms with Crippen molar-refractivity contribution in [3.8, 4) is 0 Å². The molecule has 0 spiro atoms. The molecule has 6 rings (SSSR count). The van der Waals surface area contributed by atoms with Gasteiger partial charge in [0.05, 0.1) is 5.41 Å². The number of rotatable bonds is 4. The van der Waals surface area contributed by atoms with Crippen LogP contribution in [-0.2, 0) is 21.4 Å². The van der Waals surface area contributed by atoms with Gasteiger partial charge in [-0.05, 0) is 82.8 Å². The predicted octanol–water partition coefficient (Wildman–Crippen LogP) is 3.11. The van der Waals surface area contributed by atoms with E-state index in [-0.39, 0.29) is 17.0 Å². The molecule has 4 bridgehead atoms. The molecule has 5 fully saturated rings. The maximum absolute atomic E-state index is 11.7. The fourth-order valence-electron chi connectivity index (χ4n) is 6.93. The van der Waals surface area contributed by atoms with Gasteiger partial charge in [-0.15, -0.1) is 0 Å². The summed E-state index contributed by atoms with van der Waals surface area (Å²) in [6.45, 7) is 3.86. The zero-order valence-electron chi connectivity index (χ0n) is 16.6. The molecule has 0 radical (unpaired) electrons. The molecule has 0 amide bonds. The molecular weight excluding hydrogens is 342 g/mol. The van der Waals surface area contributed by atoms with E-state index in [9.17, 15) is 4.79 Å². The number of hydrogen-bond donors (Lipinski definition) is 0. The van der Waals surface area contributed by atoms with Gasteiger partial charge in [-0.3, -0.25) is 4.79 Å². The molecule has 1 aromatic rings.